The van der Waals surface area contributed by atoms with Crippen LogP contribution in [0.2, 0.25) is 0 Å². The first-order valence-corrected chi connectivity index (χ1v) is 4.60. The Kier molecular flexibility index (Phi) is 2.19. The van der Waals surface area contributed by atoms with Crippen molar-refractivity contribution in [2.45, 2.75) is 32.0 Å². The number of hydrogen-bond acceptors (Lipinski definition) is 2. The van der Waals surface area contributed by atoms with E-state index < -0.39 is 0 Å². The van der Waals surface area contributed by atoms with Gasteiger partial charge < -0.3 is 9.72 Å². The number of aromatic amines is 1. The number of H-pyrrole nitrogens is 1. The lowest BCUT2D eigenvalue weighted by molar-refractivity contribution is 0.0553. The summed E-state index contributed by atoms with van der Waals surface area (Å²) in [7, 11) is 0. The quantitative estimate of drug-likeness (QED) is 0.711. The first-order valence-electron chi connectivity index (χ1n) is 4.60. The van der Waals surface area contributed by atoms with Gasteiger partial charge in [-0.15, -0.1) is 0 Å². The van der Waals surface area contributed by atoms with E-state index in [-0.39, 0.29) is 11.7 Å². The van der Waals surface area contributed by atoms with Crippen molar-refractivity contribution in [1.82, 2.24) is 4.98 Å². The Labute approximate surface area is 76.7 Å². The molecule has 2 atom stereocenters. The minimum Gasteiger partial charge on any atom is -0.371 e. The molecule has 1 aromatic rings. The Morgan fingerprint density at radius 1 is 1.46 bits per heavy atom. The highest BCUT2D eigenvalue weighted by molar-refractivity contribution is 5.13. The highest BCUT2D eigenvalue weighted by atomic mass is 16.5. The molecule has 13 heavy (non-hydrogen) atoms. The van der Waals surface area contributed by atoms with Crippen molar-refractivity contribution in [2.24, 2.45) is 0 Å². The number of rotatable bonds is 1. The Morgan fingerprint density at radius 3 is 2.85 bits per heavy atom. The fourth-order valence-corrected chi connectivity index (χ4v) is 1.67. The van der Waals surface area contributed by atoms with Crippen LogP contribution in [0.4, 0.5) is 0 Å². The number of ether oxygens (including phenoxy) is 1. The van der Waals surface area contributed by atoms with Gasteiger partial charge in [0.2, 0.25) is 5.56 Å². The van der Waals surface area contributed by atoms with Crippen molar-refractivity contribution in [3.05, 3.63) is 34.2 Å². The summed E-state index contributed by atoms with van der Waals surface area (Å²) in [6.45, 7) is 2.08. The van der Waals surface area contributed by atoms with Crippen molar-refractivity contribution < 1.29 is 4.74 Å². The van der Waals surface area contributed by atoms with Crippen LogP contribution in [-0.2, 0) is 4.74 Å². The maximum absolute atomic E-state index is 10.8. The smallest absolute Gasteiger partial charge is 0.247 e. The van der Waals surface area contributed by atoms with Gasteiger partial charge in [0, 0.05) is 12.3 Å². The summed E-state index contributed by atoms with van der Waals surface area (Å²) in [5, 5.41) is 0. The van der Waals surface area contributed by atoms with Gasteiger partial charge in [0.15, 0.2) is 0 Å². The van der Waals surface area contributed by atoms with Crippen molar-refractivity contribution in [3.63, 3.8) is 0 Å². The molecule has 2 heterocycles. The molecule has 1 saturated heterocycles. The van der Waals surface area contributed by atoms with Crippen LogP contribution in [0.1, 0.15) is 31.4 Å². The van der Waals surface area contributed by atoms with E-state index in [1.54, 1.807) is 12.3 Å². The Balaban J connectivity index is 2.17. The van der Waals surface area contributed by atoms with E-state index in [9.17, 15) is 4.79 Å². The van der Waals surface area contributed by atoms with Crippen LogP contribution >= 0.6 is 0 Å². The highest BCUT2D eigenvalue weighted by Crippen LogP contribution is 2.31. The van der Waals surface area contributed by atoms with E-state index in [1.807, 2.05) is 6.07 Å². The lowest BCUT2D eigenvalue weighted by atomic mass is 10.1. The van der Waals surface area contributed by atoms with Gasteiger partial charge in [-0.3, -0.25) is 4.79 Å². The zero-order valence-electron chi connectivity index (χ0n) is 7.62. The lowest BCUT2D eigenvalue weighted by Gasteiger charge is -2.10. The summed E-state index contributed by atoms with van der Waals surface area (Å²) in [5.74, 6) is 0. The standard InChI is InChI=1S/C10H13NO2/c1-7-2-4-9(13-7)8-3-5-10(12)11-6-8/h3,5-7,9H,2,4H2,1H3,(H,11,12)/t7-,9-/m1/s1. The van der Waals surface area contributed by atoms with Crippen LogP contribution in [0, 0.1) is 0 Å². The van der Waals surface area contributed by atoms with E-state index in [0.717, 1.165) is 18.4 Å². The molecular formula is C10H13NO2. The topological polar surface area (TPSA) is 42.1 Å². The third-order valence-electron chi connectivity index (χ3n) is 2.41. The predicted molar refractivity (Wildman–Crippen MR) is 49.6 cm³/mol. The molecule has 0 amide bonds. The SMILES string of the molecule is C[C@@H]1CC[C@H](c2ccc(=O)[nH]c2)O1. The van der Waals surface area contributed by atoms with Gasteiger partial charge >= 0.3 is 0 Å². The van der Waals surface area contributed by atoms with Crippen LogP contribution < -0.4 is 5.56 Å². The first kappa shape index (κ1) is 8.51. The Hall–Kier alpha value is -1.09. The Morgan fingerprint density at radius 2 is 2.31 bits per heavy atom. The minimum absolute atomic E-state index is 0.0604. The highest BCUT2D eigenvalue weighted by Gasteiger charge is 2.22. The molecule has 1 aliphatic rings. The fourth-order valence-electron chi connectivity index (χ4n) is 1.67. The zero-order chi connectivity index (χ0) is 9.26. The van der Waals surface area contributed by atoms with Gasteiger partial charge in [-0.2, -0.15) is 0 Å². The summed E-state index contributed by atoms with van der Waals surface area (Å²) in [4.78, 5) is 13.5. The van der Waals surface area contributed by atoms with Crippen LogP contribution in [0.5, 0.6) is 0 Å². The molecule has 3 nitrogen and oxygen atoms in total. The van der Waals surface area contributed by atoms with E-state index in [4.69, 9.17) is 4.74 Å². The lowest BCUT2D eigenvalue weighted by Crippen LogP contribution is -2.06. The zero-order valence-corrected chi connectivity index (χ0v) is 7.62. The molecule has 3 heteroatoms. The Bertz CT molecular complexity index is 325. The number of nitrogens with one attached hydrogen (secondary N) is 1. The molecule has 0 aromatic carbocycles. The molecule has 0 spiro atoms. The molecule has 70 valence electrons. The van der Waals surface area contributed by atoms with Crippen molar-refractivity contribution in [1.29, 1.82) is 0 Å². The third kappa shape index (κ3) is 1.80. The van der Waals surface area contributed by atoms with E-state index in [2.05, 4.69) is 11.9 Å². The van der Waals surface area contributed by atoms with Gasteiger partial charge in [-0.25, -0.2) is 0 Å². The molecular weight excluding hydrogens is 166 g/mol. The molecule has 1 aromatic heterocycles. The van der Waals surface area contributed by atoms with Crippen molar-refractivity contribution in [3.8, 4) is 0 Å². The van der Waals surface area contributed by atoms with Crippen LogP contribution in [0.3, 0.4) is 0 Å². The second-order valence-corrected chi connectivity index (χ2v) is 3.50. The monoisotopic (exact) mass is 179 g/mol. The van der Waals surface area contributed by atoms with Crippen molar-refractivity contribution in [2.75, 3.05) is 0 Å². The molecule has 0 aliphatic carbocycles. The average Bonchev–Trinajstić information content (AvgIpc) is 2.53. The van der Waals surface area contributed by atoms with Gasteiger partial charge in [0.25, 0.3) is 0 Å². The van der Waals surface area contributed by atoms with Gasteiger partial charge in [0.1, 0.15) is 0 Å². The largest absolute Gasteiger partial charge is 0.371 e. The van der Waals surface area contributed by atoms with E-state index >= 15 is 0 Å². The number of aromatic nitrogens is 1. The maximum Gasteiger partial charge on any atom is 0.247 e. The number of pyridine rings is 1. The first-order chi connectivity index (χ1) is 6.25. The summed E-state index contributed by atoms with van der Waals surface area (Å²) in [5.41, 5.74) is 1.01. The minimum atomic E-state index is -0.0604. The van der Waals surface area contributed by atoms with Gasteiger partial charge in [0.05, 0.1) is 12.2 Å². The molecule has 1 aliphatic heterocycles. The summed E-state index contributed by atoms with van der Waals surface area (Å²) in [6.07, 6.45) is 4.41. The van der Waals surface area contributed by atoms with Gasteiger partial charge in [-0.1, -0.05) is 0 Å². The summed E-state index contributed by atoms with van der Waals surface area (Å²) < 4.78 is 5.67. The number of hydrogen-bond donors (Lipinski definition) is 1. The molecule has 0 unspecified atom stereocenters. The van der Waals surface area contributed by atoms with Crippen LogP contribution in [-0.4, -0.2) is 11.1 Å². The molecule has 0 saturated carbocycles. The summed E-state index contributed by atoms with van der Waals surface area (Å²) >= 11 is 0. The maximum atomic E-state index is 10.8. The van der Waals surface area contributed by atoms with E-state index in [0.29, 0.717) is 6.10 Å². The van der Waals surface area contributed by atoms with Crippen LogP contribution in [0.25, 0.3) is 0 Å². The molecule has 1 N–H and O–H groups in total. The second kappa shape index (κ2) is 3.34. The molecule has 0 radical (unpaired) electrons. The molecule has 2 rings (SSSR count). The predicted octanol–water partition coefficient (Wildman–Crippen LogP) is 1.61. The molecule has 1 fully saturated rings. The van der Waals surface area contributed by atoms with E-state index in [1.165, 1.54) is 0 Å². The third-order valence-corrected chi connectivity index (χ3v) is 2.41. The summed E-state index contributed by atoms with van der Waals surface area (Å²) in [6, 6.07) is 3.38. The second-order valence-electron chi connectivity index (χ2n) is 3.50. The van der Waals surface area contributed by atoms with Crippen LogP contribution in [0.15, 0.2) is 23.1 Å². The average molecular weight is 179 g/mol. The normalized spacial score (nSPS) is 27.8. The molecule has 0 bridgehead atoms. The van der Waals surface area contributed by atoms with Crippen molar-refractivity contribution >= 4 is 0 Å². The van der Waals surface area contributed by atoms with Gasteiger partial charge in [-0.05, 0) is 31.4 Å². The fraction of sp³-hybridized carbons (Fsp3) is 0.500.